The van der Waals surface area contributed by atoms with E-state index < -0.39 is 0 Å². The topological polar surface area (TPSA) is 81.8 Å². The lowest BCUT2D eigenvalue weighted by molar-refractivity contribution is 0.331. The summed E-state index contributed by atoms with van der Waals surface area (Å²) in [6.45, 7) is 2.29. The van der Waals surface area contributed by atoms with Crippen molar-refractivity contribution in [3.8, 4) is 0 Å². The normalized spacial score (nSPS) is 14.3. The highest BCUT2D eigenvalue weighted by Crippen LogP contribution is 2.27. The molecule has 1 rings (SSSR count). The average molecular weight is 226 g/mol. The minimum absolute atomic E-state index is 0.750. The molecule has 1 aliphatic rings. The second-order valence-electron chi connectivity index (χ2n) is 3.85. The van der Waals surface area contributed by atoms with Gasteiger partial charge in [0.15, 0.2) is 0 Å². The minimum Gasteiger partial charge on any atom is -0.222 e. The van der Waals surface area contributed by atoms with Crippen molar-refractivity contribution in [3.05, 3.63) is 0 Å². The van der Waals surface area contributed by atoms with Gasteiger partial charge in [-0.25, -0.2) is 20.4 Å². The Morgan fingerprint density at radius 3 is 1.88 bits per heavy atom. The van der Waals surface area contributed by atoms with E-state index in [9.17, 15) is 0 Å². The molecular formula is C12H22N2O2. The fourth-order valence-corrected chi connectivity index (χ4v) is 1.97. The molecule has 0 aromatic heterocycles. The highest BCUT2D eigenvalue weighted by Gasteiger charge is 2.11. The summed E-state index contributed by atoms with van der Waals surface area (Å²) in [6.07, 6.45) is 13.4. The van der Waals surface area contributed by atoms with Gasteiger partial charge in [0, 0.05) is 0 Å². The Morgan fingerprint density at radius 2 is 1.50 bits per heavy atom. The van der Waals surface area contributed by atoms with Crippen molar-refractivity contribution in [1.82, 2.24) is 0 Å². The standard InChI is InChI=1S/C10H20.2CHNO/c1-2-3-7-10-8-5-4-6-9-10;2*2-1-3/h10H,2-9H2,1H3;2*2H. The van der Waals surface area contributed by atoms with Crippen molar-refractivity contribution < 1.29 is 9.59 Å². The lowest BCUT2D eigenvalue weighted by Gasteiger charge is -2.20. The van der Waals surface area contributed by atoms with Gasteiger partial charge in [-0.1, -0.05) is 58.3 Å². The Hall–Kier alpha value is -1.24. The van der Waals surface area contributed by atoms with Crippen LogP contribution < -0.4 is 0 Å². The summed E-state index contributed by atoms with van der Waals surface area (Å²) >= 11 is 0. The zero-order valence-electron chi connectivity index (χ0n) is 10.1. The quantitative estimate of drug-likeness (QED) is 0.569. The molecular weight excluding hydrogens is 204 g/mol. The molecule has 2 N–H and O–H groups in total. The van der Waals surface area contributed by atoms with Gasteiger partial charge < -0.3 is 0 Å². The van der Waals surface area contributed by atoms with Crippen LogP contribution in [0.4, 0.5) is 0 Å². The molecule has 1 saturated carbocycles. The van der Waals surface area contributed by atoms with Crippen molar-refractivity contribution in [2.24, 2.45) is 5.92 Å². The van der Waals surface area contributed by atoms with Crippen LogP contribution in [-0.4, -0.2) is 12.2 Å². The molecule has 0 aromatic carbocycles. The molecule has 4 nitrogen and oxygen atoms in total. The molecule has 0 atom stereocenters. The first kappa shape index (κ1) is 17.2. The molecule has 0 unspecified atom stereocenters. The number of hydrogen-bond acceptors (Lipinski definition) is 4. The van der Waals surface area contributed by atoms with Crippen LogP contribution in [0.25, 0.3) is 0 Å². The maximum absolute atomic E-state index is 8.35. The van der Waals surface area contributed by atoms with E-state index in [2.05, 4.69) is 6.92 Å². The number of carbonyl (C=O) groups excluding carboxylic acids is 2. The molecule has 0 saturated heterocycles. The van der Waals surface area contributed by atoms with Crippen LogP contribution in [0, 0.1) is 16.7 Å². The molecule has 16 heavy (non-hydrogen) atoms. The lowest BCUT2D eigenvalue weighted by atomic mass is 9.86. The number of rotatable bonds is 3. The second kappa shape index (κ2) is 16.2. The van der Waals surface area contributed by atoms with Gasteiger partial charge in [-0.2, -0.15) is 0 Å². The van der Waals surface area contributed by atoms with Crippen molar-refractivity contribution in [2.45, 2.75) is 58.3 Å². The SMILES string of the molecule is CCCCC1CCCCC1.N=C=O.N=C=O. The number of hydrogen-bond donors (Lipinski definition) is 2. The third-order valence-corrected chi connectivity index (χ3v) is 2.69. The molecule has 0 heterocycles. The summed E-state index contributed by atoms with van der Waals surface area (Å²) in [5, 5.41) is 10.8. The highest BCUT2D eigenvalue weighted by molar-refractivity contribution is 5.26. The van der Waals surface area contributed by atoms with Crippen LogP contribution in [0.5, 0.6) is 0 Å². The fourth-order valence-electron chi connectivity index (χ4n) is 1.97. The van der Waals surface area contributed by atoms with Gasteiger partial charge in [0.1, 0.15) is 0 Å². The van der Waals surface area contributed by atoms with Gasteiger partial charge in [0.05, 0.1) is 0 Å². The van der Waals surface area contributed by atoms with E-state index in [1.165, 1.54) is 51.4 Å². The van der Waals surface area contributed by atoms with Gasteiger partial charge in [-0.3, -0.25) is 0 Å². The van der Waals surface area contributed by atoms with Crippen molar-refractivity contribution in [2.75, 3.05) is 0 Å². The van der Waals surface area contributed by atoms with E-state index in [0.717, 1.165) is 18.1 Å². The zero-order valence-corrected chi connectivity index (χ0v) is 10.1. The highest BCUT2D eigenvalue weighted by atomic mass is 16.1. The fraction of sp³-hybridized carbons (Fsp3) is 0.833. The van der Waals surface area contributed by atoms with Crippen LogP contribution in [-0.2, 0) is 9.59 Å². The Balaban J connectivity index is 0. The molecule has 92 valence electrons. The van der Waals surface area contributed by atoms with Crippen molar-refractivity contribution in [1.29, 1.82) is 10.8 Å². The lowest BCUT2D eigenvalue weighted by Crippen LogP contribution is -2.05. The zero-order chi connectivity index (χ0) is 12.6. The maximum Gasteiger partial charge on any atom is 0.231 e. The van der Waals surface area contributed by atoms with Crippen LogP contribution in [0.2, 0.25) is 0 Å². The predicted octanol–water partition coefficient (Wildman–Crippen LogP) is 3.56. The van der Waals surface area contributed by atoms with Gasteiger partial charge >= 0.3 is 0 Å². The Labute approximate surface area is 97.5 Å². The van der Waals surface area contributed by atoms with E-state index in [-0.39, 0.29) is 0 Å². The summed E-state index contributed by atoms with van der Waals surface area (Å²) < 4.78 is 0. The van der Waals surface area contributed by atoms with E-state index >= 15 is 0 Å². The van der Waals surface area contributed by atoms with E-state index in [1.54, 1.807) is 0 Å². The maximum atomic E-state index is 8.35. The van der Waals surface area contributed by atoms with Gasteiger partial charge in [0.2, 0.25) is 12.2 Å². The van der Waals surface area contributed by atoms with E-state index in [1.807, 2.05) is 0 Å². The summed E-state index contributed by atoms with van der Waals surface area (Å²) in [4.78, 5) is 16.7. The van der Waals surface area contributed by atoms with Crippen LogP contribution in [0.3, 0.4) is 0 Å². The Bertz CT molecular complexity index is 187. The van der Waals surface area contributed by atoms with Gasteiger partial charge in [0.25, 0.3) is 0 Å². The summed E-state index contributed by atoms with van der Waals surface area (Å²) in [6, 6.07) is 0. The third kappa shape index (κ3) is 15.2. The summed E-state index contributed by atoms with van der Waals surface area (Å²) in [5.41, 5.74) is 0. The summed E-state index contributed by atoms with van der Waals surface area (Å²) in [5.74, 6) is 1.11. The molecule has 0 spiro atoms. The monoisotopic (exact) mass is 226 g/mol. The molecule has 0 aliphatic heterocycles. The van der Waals surface area contributed by atoms with Gasteiger partial charge in [-0.15, -0.1) is 0 Å². The van der Waals surface area contributed by atoms with Crippen molar-refractivity contribution in [3.63, 3.8) is 0 Å². The minimum atomic E-state index is 0.750. The largest absolute Gasteiger partial charge is 0.231 e. The van der Waals surface area contributed by atoms with E-state index in [4.69, 9.17) is 20.4 Å². The van der Waals surface area contributed by atoms with Crippen LogP contribution >= 0.6 is 0 Å². The first-order chi connectivity index (χ1) is 7.76. The number of nitrogens with one attached hydrogen (secondary N) is 2. The van der Waals surface area contributed by atoms with Crippen molar-refractivity contribution >= 4 is 12.2 Å². The Morgan fingerprint density at radius 1 is 1.06 bits per heavy atom. The molecule has 1 fully saturated rings. The third-order valence-electron chi connectivity index (χ3n) is 2.69. The predicted molar refractivity (Wildman–Crippen MR) is 62.9 cm³/mol. The van der Waals surface area contributed by atoms with E-state index in [0.29, 0.717) is 0 Å². The Kier molecular flexibility index (Phi) is 17.4. The molecule has 0 bridgehead atoms. The molecule has 0 radical (unpaired) electrons. The summed E-state index contributed by atoms with van der Waals surface area (Å²) in [7, 11) is 0. The first-order valence-electron chi connectivity index (χ1n) is 5.84. The second-order valence-corrected chi connectivity index (χ2v) is 3.85. The molecule has 0 aromatic rings. The first-order valence-corrected chi connectivity index (χ1v) is 5.84. The number of isocyanates is 2. The molecule has 4 heteroatoms. The van der Waals surface area contributed by atoms with Crippen LogP contribution in [0.1, 0.15) is 58.3 Å². The average Bonchev–Trinajstić information content (AvgIpc) is 2.30. The van der Waals surface area contributed by atoms with Gasteiger partial charge in [-0.05, 0) is 5.92 Å². The number of unbranched alkanes of at least 4 members (excludes halogenated alkanes) is 1. The smallest absolute Gasteiger partial charge is 0.222 e. The molecule has 0 amide bonds. The van der Waals surface area contributed by atoms with Crippen LogP contribution in [0.15, 0.2) is 0 Å². The molecule has 1 aliphatic carbocycles.